The molecule has 3 nitrogen and oxygen atoms in total. The summed E-state index contributed by atoms with van der Waals surface area (Å²) in [7, 11) is 0. The average molecular weight is 601 g/mol. The van der Waals surface area contributed by atoms with Gasteiger partial charge in [0.05, 0.1) is 11.4 Å². The third-order valence-electron chi connectivity index (χ3n) is 8.85. The topological polar surface area (TPSA) is 38.9 Å². The molecule has 0 fully saturated rings. The lowest BCUT2D eigenvalue weighted by atomic mass is 9.94. The van der Waals surface area contributed by atoms with Gasteiger partial charge in [0.25, 0.3) is 0 Å². The molecule has 0 aliphatic carbocycles. The van der Waals surface area contributed by atoms with Crippen LogP contribution in [0.4, 0.5) is 0 Å². The molecule has 0 aliphatic heterocycles. The molecule has 0 bridgehead atoms. The Bertz CT molecular complexity index is 2570. The third kappa shape index (κ3) is 5.04. The number of fused-ring (bicyclic) bond motifs is 4. The summed E-state index contributed by atoms with van der Waals surface area (Å²) in [6.07, 6.45) is 0. The fourth-order valence-corrected chi connectivity index (χ4v) is 6.45. The van der Waals surface area contributed by atoms with E-state index < -0.39 is 0 Å². The average Bonchev–Trinajstić information content (AvgIpc) is 3.53. The molecule has 0 saturated carbocycles. The molecule has 0 atom stereocenters. The van der Waals surface area contributed by atoms with E-state index in [0.717, 1.165) is 72.3 Å². The van der Waals surface area contributed by atoms with Crippen LogP contribution >= 0.6 is 0 Å². The fourth-order valence-electron chi connectivity index (χ4n) is 6.45. The van der Waals surface area contributed by atoms with E-state index in [1.807, 2.05) is 30.3 Å². The van der Waals surface area contributed by atoms with Crippen molar-refractivity contribution in [1.82, 2.24) is 9.97 Å². The summed E-state index contributed by atoms with van der Waals surface area (Å²) in [5, 5.41) is 4.63. The lowest BCUT2D eigenvalue weighted by Crippen LogP contribution is -1.96. The Labute approximate surface area is 272 Å². The number of hydrogen-bond donors (Lipinski definition) is 0. The van der Waals surface area contributed by atoms with Gasteiger partial charge in [-0.1, -0.05) is 121 Å². The molecule has 0 saturated heterocycles. The van der Waals surface area contributed by atoms with Gasteiger partial charge in [-0.05, 0) is 81.6 Å². The lowest BCUT2D eigenvalue weighted by Gasteiger charge is -2.13. The van der Waals surface area contributed by atoms with Crippen molar-refractivity contribution in [2.45, 2.75) is 0 Å². The zero-order valence-corrected chi connectivity index (χ0v) is 25.5. The molecule has 2 aromatic heterocycles. The molecule has 3 heteroatoms. The van der Waals surface area contributed by atoms with Gasteiger partial charge in [-0.3, -0.25) is 0 Å². The van der Waals surface area contributed by atoms with Crippen LogP contribution in [0, 0.1) is 0 Å². The van der Waals surface area contributed by atoms with Crippen LogP contribution in [0.25, 0.3) is 88.9 Å². The van der Waals surface area contributed by atoms with Crippen molar-refractivity contribution in [3.63, 3.8) is 0 Å². The van der Waals surface area contributed by atoms with Crippen LogP contribution in [0.3, 0.4) is 0 Å². The highest BCUT2D eigenvalue weighted by Crippen LogP contribution is 2.37. The minimum atomic E-state index is 0.696. The third-order valence-corrected chi connectivity index (χ3v) is 8.85. The first-order chi connectivity index (χ1) is 23.2. The maximum absolute atomic E-state index is 6.28. The van der Waals surface area contributed by atoms with Gasteiger partial charge in [-0.2, -0.15) is 0 Å². The Morgan fingerprint density at radius 2 is 0.915 bits per heavy atom. The summed E-state index contributed by atoms with van der Waals surface area (Å²) in [4.78, 5) is 10.3. The van der Waals surface area contributed by atoms with Crippen molar-refractivity contribution in [2.24, 2.45) is 0 Å². The van der Waals surface area contributed by atoms with Crippen LogP contribution in [-0.2, 0) is 0 Å². The Morgan fingerprint density at radius 1 is 0.319 bits per heavy atom. The molecule has 9 rings (SSSR count). The van der Waals surface area contributed by atoms with E-state index in [4.69, 9.17) is 14.4 Å². The van der Waals surface area contributed by atoms with Crippen LogP contribution < -0.4 is 0 Å². The van der Waals surface area contributed by atoms with Gasteiger partial charge in [0, 0.05) is 27.5 Å². The largest absolute Gasteiger partial charge is 0.456 e. The van der Waals surface area contributed by atoms with Gasteiger partial charge in [0.15, 0.2) is 5.82 Å². The zero-order chi connectivity index (χ0) is 31.2. The first kappa shape index (κ1) is 27.0. The number of rotatable bonds is 5. The quantitative estimate of drug-likeness (QED) is 0.197. The second kappa shape index (κ2) is 11.2. The van der Waals surface area contributed by atoms with Gasteiger partial charge >= 0.3 is 0 Å². The molecule has 9 aromatic rings. The fraction of sp³-hybridized carbons (Fsp3) is 0. The standard InChI is InChI=1S/C44H28N2O/c1-3-11-29(12-4-1)35-24-36(33-21-22-39-38-17-9-10-18-42(38)47-43(39)27-33)26-37(25-35)41-28-40(45-44(46-41)31-14-5-2-6-15-31)34-20-19-30-13-7-8-16-32(30)23-34/h1-28H. The van der Waals surface area contributed by atoms with E-state index >= 15 is 0 Å². The van der Waals surface area contributed by atoms with Crippen LogP contribution in [0.5, 0.6) is 0 Å². The van der Waals surface area contributed by atoms with E-state index in [1.165, 1.54) is 10.8 Å². The first-order valence-corrected chi connectivity index (χ1v) is 15.8. The Hall–Kier alpha value is -6.32. The SMILES string of the molecule is c1ccc(-c2cc(-c3ccc4c(c3)oc3ccccc34)cc(-c3cc(-c4ccc5ccccc5c4)nc(-c4ccccc4)n3)c2)cc1. The molecule has 0 N–H and O–H groups in total. The lowest BCUT2D eigenvalue weighted by molar-refractivity contribution is 0.669. The Balaban J connectivity index is 1.25. The Kier molecular flexibility index (Phi) is 6.46. The van der Waals surface area contributed by atoms with Crippen molar-refractivity contribution < 1.29 is 4.42 Å². The molecule has 220 valence electrons. The highest BCUT2D eigenvalue weighted by atomic mass is 16.3. The highest BCUT2D eigenvalue weighted by molar-refractivity contribution is 6.06. The van der Waals surface area contributed by atoms with Crippen molar-refractivity contribution in [3.05, 3.63) is 170 Å². The first-order valence-electron chi connectivity index (χ1n) is 15.8. The van der Waals surface area contributed by atoms with E-state index in [9.17, 15) is 0 Å². The molecule has 0 aliphatic rings. The molecule has 0 spiro atoms. The second-order valence-electron chi connectivity index (χ2n) is 11.9. The van der Waals surface area contributed by atoms with Gasteiger partial charge in [-0.15, -0.1) is 0 Å². The van der Waals surface area contributed by atoms with E-state index in [0.29, 0.717) is 5.82 Å². The highest BCUT2D eigenvalue weighted by Gasteiger charge is 2.15. The predicted molar refractivity (Wildman–Crippen MR) is 194 cm³/mol. The molecule has 0 amide bonds. The summed E-state index contributed by atoms with van der Waals surface area (Å²) in [6.45, 7) is 0. The molecule has 7 aromatic carbocycles. The van der Waals surface area contributed by atoms with Gasteiger partial charge in [0.1, 0.15) is 11.2 Å². The molecule has 0 unspecified atom stereocenters. The molecular formula is C44H28N2O. The number of hydrogen-bond acceptors (Lipinski definition) is 3. The zero-order valence-electron chi connectivity index (χ0n) is 25.5. The van der Waals surface area contributed by atoms with Gasteiger partial charge in [0.2, 0.25) is 0 Å². The maximum atomic E-state index is 6.28. The summed E-state index contributed by atoms with van der Waals surface area (Å²) in [5.41, 5.74) is 11.0. The van der Waals surface area contributed by atoms with Crippen LogP contribution in [0.1, 0.15) is 0 Å². The number of nitrogens with zero attached hydrogens (tertiary/aromatic N) is 2. The monoisotopic (exact) mass is 600 g/mol. The summed E-state index contributed by atoms with van der Waals surface area (Å²) in [6, 6.07) is 59.3. The van der Waals surface area contributed by atoms with Crippen molar-refractivity contribution >= 4 is 32.7 Å². The summed E-state index contributed by atoms with van der Waals surface area (Å²) >= 11 is 0. The van der Waals surface area contributed by atoms with Crippen molar-refractivity contribution in [2.75, 3.05) is 0 Å². The molecule has 0 radical (unpaired) electrons. The van der Waals surface area contributed by atoms with E-state index in [1.54, 1.807) is 0 Å². The van der Waals surface area contributed by atoms with E-state index in [2.05, 4.69) is 140 Å². The van der Waals surface area contributed by atoms with Gasteiger partial charge < -0.3 is 4.42 Å². The summed E-state index contributed by atoms with van der Waals surface area (Å²) < 4.78 is 6.28. The molecular weight excluding hydrogens is 572 g/mol. The minimum absolute atomic E-state index is 0.696. The number of aromatic nitrogens is 2. The number of furan rings is 1. The summed E-state index contributed by atoms with van der Waals surface area (Å²) in [5.74, 6) is 0.696. The van der Waals surface area contributed by atoms with Crippen LogP contribution in [0.2, 0.25) is 0 Å². The Morgan fingerprint density at radius 3 is 1.72 bits per heavy atom. The van der Waals surface area contributed by atoms with Crippen LogP contribution in [0.15, 0.2) is 174 Å². The number of benzene rings is 7. The minimum Gasteiger partial charge on any atom is -0.456 e. The van der Waals surface area contributed by atoms with Crippen molar-refractivity contribution in [3.8, 4) is 56.2 Å². The normalized spacial score (nSPS) is 11.4. The van der Waals surface area contributed by atoms with E-state index in [-0.39, 0.29) is 0 Å². The smallest absolute Gasteiger partial charge is 0.160 e. The second-order valence-corrected chi connectivity index (χ2v) is 11.9. The van der Waals surface area contributed by atoms with Gasteiger partial charge in [-0.25, -0.2) is 9.97 Å². The maximum Gasteiger partial charge on any atom is 0.160 e. The molecule has 2 heterocycles. The van der Waals surface area contributed by atoms with Crippen molar-refractivity contribution in [1.29, 1.82) is 0 Å². The number of para-hydroxylation sites is 1. The van der Waals surface area contributed by atoms with Crippen LogP contribution in [-0.4, -0.2) is 9.97 Å². The predicted octanol–water partition coefficient (Wildman–Crippen LogP) is 11.9. The molecule has 47 heavy (non-hydrogen) atoms.